The van der Waals surface area contributed by atoms with E-state index in [9.17, 15) is 9.59 Å². The predicted molar refractivity (Wildman–Crippen MR) is 108 cm³/mol. The lowest BCUT2D eigenvalue weighted by molar-refractivity contribution is -0.145. The van der Waals surface area contributed by atoms with Crippen LogP contribution in [0.3, 0.4) is 0 Å². The van der Waals surface area contributed by atoms with Gasteiger partial charge in [0.1, 0.15) is 6.10 Å². The van der Waals surface area contributed by atoms with E-state index in [-0.39, 0.29) is 23.8 Å². The molecule has 1 aromatic heterocycles. The molecule has 3 aromatic rings. The molecule has 0 aliphatic carbocycles. The first-order valence-electron chi connectivity index (χ1n) is 9.77. The Hall–Kier alpha value is -2.86. The van der Waals surface area contributed by atoms with Crippen molar-refractivity contribution in [3.05, 3.63) is 70.1 Å². The van der Waals surface area contributed by atoms with Gasteiger partial charge in [-0.2, -0.15) is 0 Å². The van der Waals surface area contributed by atoms with Gasteiger partial charge in [-0.25, -0.2) is 4.79 Å². The second kappa shape index (κ2) is 8.02. The van der Waals surface area contributed by atoms with Gasteiger partial charge in [-0.05, 0) is 43.0 Å². The molecule has 1 aliphatic heterocycles. The molecule has 0 unspecified atom stereocenters. The van der Waals surface area contributed by atoms with Gasteiger partial charge in [0.25, 0.3) is 0 Å². The Kier molecular flexibility index (Phi) is 5.30. The summed E-state index contributed by atoms with van der Waals surface area (Å²) < 4.78 is 6.04. The minimum absolute atomic E-state index is 0.0238. The van der Waals surface area contributed by atoms with E-state index in [4.69, 9.17) is 4.74 Å². The number of imidazole rings is 1. The van der Waals surface area contributed by atoms with Crippen molar-refractivity contribution in [1.82, 2.24) is 14.9 Å². The quantitative estimate of drug-likeness (QED) is 0.715. The van der Waals surface area contributed by atoms with Crippen LogP contribution in [0.4, 0.5) is 0 Å². The molecule has 1 amide bonds. The number of hydrogen-bond donors (Lipinski definition) is 2. The first-order valence-corrected chi connectivity index (χ1v) is 9.77. The maximum atomic E-state index is 12.7. The number of H-pyrrole nitrogens is 2. The maximum Gasteiger partial charge on any atom is 0.323 e. The van der Waals surface area contributed by atoms with Crippen molar-refractivity contribution >= 4 is 16.9 Å². The molecule has 0 saturated carbocycles. The minimum atomic E-state index is -0.197. The number of fused-ring (bicyclic) bond motifs is 1. The number of aryl methyl sites for hydroxylation is 1. The molecule has 6 nitrogen and oxygen atoms in total. The van der Waals surface area contributed by atoms with E-state index in [0.717, 1.165) is 35.0 Å². The highest BCUT2D eigenvalue weighted by Crippen LogP contribution is 2.25. The summed E-state index contributed by atoms with van der Waals surface area (Å²) in [6.07, 6.45) is 2.05. The number of ether oxygens (including phenoxy) is 1. The third-order valence-corrected chi connectivity index (χ3v) is 5.22. The van der Waals surface area contributed by atoms with Gasteiger partial charge in [0.2, 0.25) is 5.91 Å². The molecule has 2 atom stereocenters. The van der Waals surface area contributed by atoms with E-state index < -0.39 is 0 Å². The number of carbonyl (C=O) groups is 1. The van der Waals surface area contributed by atoms with E-state index >= 15 is 0 Å². The van der Waals surface area contributed by atoms with Crippen LogP contribution >= 0.6 is 0 Å². The molecule has 6 heteroatoms. The number of rotatable bonds is 5. The average Bonchev–Trinajstić information content (AvgIpc) is 3.07. The van der Waals surface area contributed by atoms with Gasteiger partial charge in [0, 0.05) is 13.0 Å². The van der Waals surface area contributed by atoms with E-state index in [2.05, 4.69) is 9.97 Å². The van der Waals surface area contributed by atoms with Crippen molar-refractivity contribution in [3.8, 4) is 0 Å². The van der Waals surface area contributed by atoms with Crippen molar-refractivity contribution in [2.24, 2.45) is 0 Å². The molecule has 28 heavy (non-hydrogen) atoms. The van der Waals surface area contributed by atoms with E-state index in [1.807, 2.05) is 60.4 Å². The van der Waals surface area contributed by atoms with E-state index in [0.29, 0.717) is 19.5 Å². The normalized spacial score (nSPS) is 19.8. The number of hydrogen-bond acceptors (Lipinski definition) is 3. The lowest BCUT2D eigenvalue weighted by atomic mass is 10.0. The molecular formula is C22H25N3O3. The van der Waals surface area contributed by atoms with Gasteiger partial charge in [-0.1, -0.05) is 36.4 Å². The highest BCUT2D eigenvalue weighted by atomic mass is 16.5. The molecule has 0 bridgehead atoms. The monoisotopic (exact) mass is 379 g/mol. The van der Waals surface area contributed by atoms with Crippen LogP contribution in [0, 0.1) is 0 Å². The zero-order valence-electron chi connectivity index (χ0n) is 16.0. The van der Waals surface area contributed by atoms with Crippen LogP contribution in [0.2, 0.25) is 0 Å². The standard InChI is InChI=1S/C22H25N3O3/c1-15-13-25(14-20(28-15)17-7-3-2-4-8-17)21(26)9-5-6-16-10-11-18-19(12-16)24-22(27)23-18/h2-4,7-8,10-12,15,20H,5-6,9,13-14H2,1H3,(H2,23,24,27)/t15-,20-/m0/s1. The van der Waals surface area contributed by atoms with Crippen LogP contribution in [0.5, 0.6) is 0 Å². The second-order valence-electron chi connectivity index (χ2n) is 7.46. The van der Waals surface area contributed by atoms with Gasteiger partial charge in [0.05, 0.1) is 23.7 Å². The van der Waals surface area contributed by atoms with E-state index in [1.54, 1.807) is 0 Å². The molecule has 0 radical (unpaired) electrons. The maximum absolute atomic E-state index is 12.7. The summed E-state index contributed by atoms with van der Waals surface area (Å²) in [7, 11) is 0. The predicted octanol–water partition coefficient (Wildman–Crippen LogP) is 3.17. The smallest absolute Gasteiger partial charge is 0.323 e. The van der Waals surface area contributed by atoms with Gasteiger partial charge in [0.15, 0.2) is 0 Å². The number of aromatic nitrogens is 2. The molecular weight excluding hydrogens is 354 g/mol. The third-order valence-electron chi connectivity index (χ3n) is 5.22. The van der Waals surface area contributed by atoms with Crippen molar-refractivity contribution < 1.29 is 9.53 Å². The molecule has 2 aromatic carbocycles. The summed E-state index contributed by atoms with van der Waals surface area (Å²) in [6.45, 7) is 3.25. The fraction of sp³-hybridized carbons (Fsp3) is 0.364. The highest BCUT2D eigenvalue weighted by Gasteiger charge is 2.28. The third kappa shape index (κ3) is 4.17. The number of amides is 1. The second-order valence-corrected chi connectivity index (χ2v) is 7.46. The molecule has 1 fully saturated rings. The highest BCUT2D eigenvalue weighted by molar-refractivity contribution is 5.77. The van der Waals surface area contributed by atoms with Crippen LogP contribution in [-0.2, 0) is 16.0 Å². The van der Waals surface area contributed by atoms with Crippen LogP contribution in [0.25, 0.3) is 11.0 Å². The summed E-state index contributed by atoms with van der Waals surface area (Å²) in [5, 5.41) is 0. The minimum Gasteiger partial charge on any atom is -0.367 e. The lowest BCUT2D eigenvalue weighted by Crippen LogP contribution is -2.45. The first kappa shape index (κ1) is 18.5. The molecule has 1 aliphatic rings. The molecule has 146 valence electrons. The van der Waals surface area contributed by atoms with Gasteiger partial charge in [-0.3, -0.25) is 4.79 Å². The molecule has 2 heterocycles. The molecule has 4 rings (SSSR count). The molecule has 0 spiro atoms. The molecule has 2 N–H and O–H groups in total. The SMILES string of the molecule is C[C@H]1CN(C(=O)CCCc2ccc3[nH]c(=O)[nH]c3c2)C[C@@H](c2ccccc2)O1. The zero-order valence-corrected chi connectivity index (χ0v) is 16.0. The average molecular weight is 379 g/mol. The van der Waals surface area contributed by atoms with Crippen molar-refractivity contribution in [2.45, 2.75) is 38.4 Å². The van der Waals surface area contributed by atoms with Gasteiger partial charge < -0.3 is 19.6 Å². The number of nitrogens with one attached hydrogen (secondary N) is 2. The number of morpholine rings is 1. The Morgan fingerprint density at radius 2 is 1.89 bits per heavy atom. The number of benzene rings is 2. The van der Waals surface area contributed by atoms with Crippen molar-refractivity contribution in [3.63, 3.8) is 0 Å². The largest absolute Gasteiger partial charge is 0.367 e. The Balaban J connectivity index is 1.34. The number of aromatic amines is 2. The summed E-state index contributed by atoms with van der Waals surface area (Å²) in [4.78, 5) is 31.6. The van der Waals surface area contributed by atoms with Crippen LogP contribution < -0.4 is 5.69 Å². The molecule has 1 saturated heterocycles. The first-order chi connectivity index (χ1) is 13.6. The van der Waals surface area contributed by atoms with Crippen LogP contribution in [0.1, 0.15) is 37.0 Å². The van der Waals surface area contributed by atoms with Crippen molar-refractivity contribution in [2.75, 3.05) is 13.1 Å². The Bertz CT molecular complexity index is 1010. The Morgan fingerprint density at radius 1 is 1.11 bits per heavy atom. The number of carbonyl (C=O) groups excluding carboxylic acids is 1. The van der Waals surface area contributed by atoms with Crippen molar-refractivity contribution in [1.29, 1.82) is 0 Å². The fourth-order valence-corrected chi connectivity index (χ4v) is 3.84. The lowest BCUT2D eigenvalue weighted by Gasteiger charge is -2.37. The van der Waals surface area contributed by atoms with Crippen LogP contribution in [-0.4, -0.2) is 40.0 Å². The summed E-state index contributed by atoms with van der Waals surface area (Å²) >= 11 is 0. The summed E-state index contributed by atoms with van der Waals surface area (Å²) in [5.41, 5.74) is 3.64. The van der Waals surface area contributed by atoms with E-state index in [1.165, 1.54) is 0 Å². The summed E-state index contributed by atoms with van der Waals surface area (Å²) in [5.74, 6) is 0.173. The fourth-order valence-electron chi connectivity index (χ4n) is 3.84. The van der Waals surface area contributed by atoms with Gasteiger partial charge >= 0.3 is 5.69 Å². The Morgan fingerprint density at radius 3 is 2.71 bits per heavy atom. The Labute approximate surface area is 163 Å². The van der Waals surface area contributed by atoms with Gasteiger partial charge in [-0.15, -0.1) is 0 Å². The number of nitrogens with zero attached hydrogens (tertiary/aromatic N) is 1. The topological polar surface area (TPSA) is 78.2 Å². The zero-order chi connectivity index (χ0) is 19.5. The summed E-state index contributed by atoms with van der Waals surface area (Å²) in [6, 6.07) is 16.0. The van der Waals surface area contributed by atoms with Crippen LogP contribution in [0.15, 0.2) is 53.3 Å².